The average molecular weight is 361 g/mol. The van der Waals surface area contributed by atoms with E-state index >= 15 is 0 Å². The lowest BCUT2D eigenvalue weighted by Crippen LogP contribution is -2.08. The van der Waals surface area contributed by atoms with E-state index in [2.05, 4.69) is 52.3 Å². The summed E-state index contributed by atoms with van der Waals surface area (Å²) in [4.78, 5) is 17.3. The monoisotopic (exact) mass is 359 g/mol. The number of hydrogen-bond acceptors (Lipinski definition) is 5. The third-order valence-corrected chi connectivity index (χ3v) is 2.98. The summed E-state index contributed by atoms with van der Waals surface area (Å²) in [5, 5.41) is 11.4. The highest BCUT2D eigenvalue weighted by Crippen LogP contribution is 2.20. The summed E-state index contributed by atoms with van der Waals surface area (Å²) in [5.41, 5.74) is 0.362. The van der Waals surface area contributed by atoms with Crippen molar-refractivity contribution in [2.24, 2.45) is 7.05 Å². The van der Waals surface area contributed by atoms with Crippen LogP contribution in [0, 0.1) is 0 Å². The Bertz CT molecular complexity index is 568. The van der Waals surface area contributed by atoms with Crippen LogP contribution in [0.15, 0.2) is 21.2 Å². The normalized spacial score (nSPS) is 10.5. The zero-order chi connectivity index (χ0) is 12.4. The van der Waals surface area contributed by atoms with Gasteiger partial charge in [0.1, 0.15) is 5.69 Å². The van der Waals surface area contributed by atoms with Gasteiger partial charge in [0.2, 0.25) is 0 Å². The van der Waals surface area contributed by atoms with E-state index in [1.54, 1.807) is 19.3 Å². The second-order valence-electron chi connectivity index (χ2n) is 3.28. The number of nitrogens with zero attached hydrogens (tertiary/aromatic N) is 5. The fraction of sp³-hybridized carbons (Fsp3) is 0.222. The fourth-order valence-corrected chi connectivity index (χ4v) is 2.45. The molecule has 0 saturated carbocycles. The minimum atomic E-state index is -0.155. The van der Waals surface area contributed by atoms with Crippen LogP contribution in [0.25, 0.3) is 0 Å². The van der Waals surface area contributed by atoms with Crippen LogP contribution in [0.3, 0.4) is 0 Å². The molecule has 0 atom stereocenters. The lowest BCUT2D eigenvalue weighted by Gasteiger charge is -2.00. The molecule has 0 N–H and O–H groups in total. The first kappa shape index (κ1) is 12.3. The molecule has 2 aromatic heterocycles. The van der Waals surface area contributed by atoms with Gasteiger partial charge in [-0.2, -0.15) is 4.80 Å². The number of Topliss-reactive ketones (excluding diaryl/α,β-unsaturated/α-hetero) is 1. The molecule has 6 nitrogen and oxygen atoms in total. The number of halogens is 2. The first-order valence-electron chi connectivity index (χ1n) is 4.63. The number of ketones is 1. The van der Waals surface area contributed by atoms with Crippen molar-refractivity contribution in [2.45, 2.75) is 6.42 Å². The van der Waals surface area contributed by atoms with Crippen molar-refractivity contribution in [2.75, 3.05) is 0 Å². The van der Waals surface area contributed by atoms with Crippen LogP contribution in [-0.4, -0.2) is 31.0 Å². The molecule has 2 aromatic rings. The second-order valence-corrected chi connectivity index (χ2v) is 5.05. The molecule has 8 heteroatoms. The van der Waals surface area contributed by atoms with Crippen LogP contribution in [0.2, 0.25) is 0 Å². The Morgan fingerprint density at radius 1 is 1.47 bits per heavy atom. The Labute approximate surface area is 114 Å². The van der Waals surface area contributed by atoms with E-state index in [-0.39, 0.29) is 12.2 Å². The number of pyridine rings is 1. The smallest absolute Gasteiger partial charge is 0.190 e. The van der Waals surface area contributed by atoms with Crippen molar-refractivity contribution >= 4 is 37.6 Å². The topological polar surface area (TPSA) is 73.6 Å². The van der Waals surface area contributed by atoms with E-state index in [4.69, 9.17) is 0 Å². The summed E-state index contributed by atoms with van der Waals surface area (Å²) in [6, 6.07) is 1.77. The molecule has 0 saturated heterocycles. The van der Waals surface area contributed by atoms with Crippen molar-refractivity contribution in [3.05, 3.63) is 32.7 Å². The predicted molar refractivity (Wildman–Crippen MR) is 66.5 cm³/mol. The van der Waals surface area contributed by atoms with Crippen LogP contribution < -0.4 is 0 Å². The number of carbonyl (C=O) groups excluding carboxylic acids is 1. The largest absolute Gasteiger partial charge is 0.292 e. The number of aryl methyl sites for hydroxylation is 1. The Kier molecular flexibility index (Phi) is 3.63. The first-order valence-corrected chi connectivity index (χ1v) is 6.22. The molecule has 88 valence electrons. The number of rotatable bonds is 3. The minimum absolute atomic E-state index is 0.0844. The highest BCUT2D eigenvalue weighted by molar-refractivity contribution is 9.11. The molecule has 0 unspecified atom stereocenters. The number of tetrazole rings is 1. The van der Waals surface area contributed by atoms with Crippen molar-refractivity contribution in [3.8, 4) is 0 Å². The molecular weight excluding hydrogens is 354 g/mol. The van der Waals surface area contributed by atoms with Crippen molar-refractivity contribution in [3.63, 3.8) is 0 Å². The maximum Gasteiger partial charge on any atom is 0.190 e. The van der Waals surface area contributed by atoms with Crippen LogP contribution in [-0.2, 0) is 13.5 Å². The van der Waals surface area contributed by atoms with Crippen LogP contribution in [0.5, 0.6) is 0 Å². The zero-order valence-electron chi connectivity index (χ0n) is 8.76. The maximum atomic E-state index is 11.9. The van der Waals surface area contributed by atoms with E-state index in [0.717, 1.165) is 4.47 Å². The first-order chi connectivity index (χ1) is 8.06. The summed E-state index contributed by atoms with van der Waals surface area (Å²) >= 11 is 6.57. The molecule has 0 aliphatic carbocycles. The van der Waals surface area contributed by atoms with Gasteiger partial charge in [-0.05, 0) is 43.1 Å². The van der Waals surface area contributed by atoms with E-state index in [9.17, 15) is 4.79 Å². The van der Waals surface area contributed by atoms with Gasteiger partial charge in [0, 0.05) is 15.1 Å². The molecule has 0 spiro atoms. The summed E-state index contributed by atoms with van der Waals surface area (Å²) < 4.78 is 1.44. The average Bonchev–Trinajstić information content (AvgIpc) is 2.63. The third-order valence-electron chi connectivity index (χ3n) is 1.94. The molecule has 2 heterocycles. The molecule has 0 fully saturated rings. The van der Waals surface area contributed by atoms with Crippen LogP contribution in [0.4, 0.5) is 0 Å². The lowest BCUT2D eigenvalue weighted by atomic mass is 10.2. The summed E-state index contributed by atoms with van der Waals surface area (Å²) in [6.07, 6.45) is 1.66. The summed E-state index contributed by atoms with van der Waals surface area (Å²) in [6.45, 7) is 0. The van der Waals surface area contributed by atoms with Crippen LogP contribution >= 0.6 is 31.9 Å². The number of carbonyl (C=O) groups is 1. The fourth-order valence-electron chi connectivity index (χ4n) is 1.24. The van der Waals surface area contributed by atoms with E-state index in [1.807, 2.05) is 0 Å². The Hall–Kier alpha value is -1.15. The molecule has 2 rings (SSSR count). The minimum Gasteiger partial charge on any atom is -0.292 e. The van der Waals surface area contributed by atoms with Gasteiger partial charge in [-0.3, -0.25) is 9.78 Å². The van der Waals surface area contributed by atoms with Gasteiger partial charge >= 0.3 is 0 Å². The quantitative estimate of drug-likeness (QED) is 0.776. The van der Waals surface area contributed by atoms with Gasteiger partial charge in [0.15, 0.2) is 11.6 Å². The van der Waals surface area contributed by atoms with Crippen LogP contribution in [0.1, 0.15) is 16.3 Å². The van der Waals surface area contributed by atoms with Gasteiger partial charge in [0.05, 0.1) is 13.5 Å². The molecule has 0 aliphatic heterocycles. The maximum absolute atomic E-state index is 11.9. The Morgan fingerprint density at radius 3 is 2.82 bits per heavy atom. The SMILES string of the molecule is Cn1nnc(CC(=O)c2ncc(Br)cc2Br)n1. The highest BCUT2D eigenvalue weighted by atomic mass is 79.9. The molecule has 0 radical (unpaired) electrons. The van der Waals surface area contributed by atoms with Gasteiger partial charge in [-0.1, -0.05) is 0 Å². The Morgan fingerprint density at radius 2 is 2.24 bits per heavy atom. The second kappa shape index (κ2) is 5.01. The van der Waals surface area contributed by atoms with E-state index in [1.165, 1.54) is 4.80 Å². The molecule has 0 bridgehead atoms. The standard InChI is InChI=1S/C9H7Br2N5O/c1-16-14-8(13-15-16)3-7(17)9-6(11)2-5(10)4-12-9/h2,4H,3H2,1H3. The van der Waals surface area contributed by atoms with E-state index < -0.39 is 0 Å². The predicted octanol–water partition coefficient (Wildman–Crippen LogP) is 1.56. The van der Waals surface area contributed by atoms with Crippen molar-refractivity contribution in [1.29, 1.82) is 0 Å². The van der Waals surface area contributed by atoms with E-state index in [0.29, 0.717) is 16.0 Å². The molecule has 0 aromatic carbocycles. The molecule has 0 aliphatic rings. The molecular formula is C9H7Br2N5O. The van der Waals surface area contributed by atoms with Gasteiger partial charge in [-0.15, -0.1) is 10.2 Å². The number of hydrogen-bond donors (Lipinski definition) is 0. The lowest BCUT2D eigenvalue weighted by molar-refractivity contribution is 0.0985. The van der Waals surface area contributed by atoms with Gasteiger partial charge in [0.25, 0.3) is 0 Å². The zero-order valence-corrected chi connectivity index (χ0v) is 11.9. The van der Waals surface area contributed by atoms with Crippen molar-refractivity contribution in [1.82, 2.24) is 25.2 Å². The molecule has 0 amide bonds. The summed E-state index contributed by atoms with van der Waals surface area (Å²) in [7, 11) is 1.65. The highest BCUT2D eigenvalue weighted by Gasteiger charge is 2.15. The van der Waals surface area contributed by atoms with Gasteiger partial charge in [-0.25, -0.2) is 0 Å². The summed E-state index contributed by atoms with van der Waals surface area (Å²) in [5.74, 6) is 0.228. The molecule has 17 heavy (non-hydrogen) atoms. The number of aromatic nitrogens is 5. The third kappa shape index (κ3) is 2.95. The van der Waals surface area contributed by atoms with Crippen molar-refractivity contribution < 1.29 is 4.79 Å². The van der Waals surface area contributed by atoms with Gasteiger partial charge < -0.3 is 0 Å². The Balaban J connectivity index is 2.20.